The van der Waals surface area contributed by atoms with Gasteiger partial charge in [0, 0.05) is 45.7 Å². The maximum atomic E-state index is 12.7. The van der Waals surface area contributed by atoms with E-state index in [1.54, 1.807) is 0 Å². The summed E-state index contributed by atoms with van der Waals surface area (Å²) in [5, 5.41) is 0. The van der Waals surface area contributed by atoms with Crippen LogP contribution in [-0.4, -0.2) is 71.8 Å². The van der Waals surface area contributed by atoms with E-state index in [2.05, 4.69) is 17.0 Å². The van der Waals surface area contributed by atoms with Crippen LogP contribution in [0, 0.1) is 0 Å². The highest BCUT2D eigenvalue weighted by atomic mass is 16.2. The highest BCUT2D eigenvalue weighted by Gasteiger charge is 2.37. The van der Waals surface area contributed by atoms with Crippen molar-refractivity contribution in [2.75, 3.05) is 39.3 Å². The largest absolute Gasteiger partial charge is 0.341 e. The van der Waals surface area contributed by atoms with Gasteiger partial charge in [0.05, 0.1) is 6.04 Å². The molecule has 2 aliphatic heterocycles. The maximum absolute atomic E-state index is 12.7. The summed E-state index contributed by atoms with van der Waals surface area (Å²) in [7, 11) is 0. The lowest BCUT2D eigenvalue weighted by Crippen LogP contribution is -2.53. The molecule has 2 fully saturated rings. The topological polar surface area (TPSA) is 43.9 Å². The molecular formula is C20H29N3O2. The minimum Gasteiger partial charge on any atom is -0.341 e. The van der Waals surface area contributed by atoms with Gasteiger partial charge in [0.1, 0.15) is 0 Å². The number of rotatable bonds is 6. The van der Waals surface area contributed by atoms with Gasteiger partial charge in [-0.25, -0.2) is 0 Å². The number of carbonyl (C=O) groups is 2. The van der Waals surface area contributed by atoms with Crippen LogP contribution in [0.15, 0.2) is 30.3 Å². The Labute approximate surface area is 150 Å². The Morgan fingerprint density at radius 1 is 1.08 bits per heavy atom. The fourth-order valence-corrected chi connectivity index (χ4v) is 3.85. The first kappa shape index (κ1) is 17.9. The van der Waals surface area contributed by atoms with Crippen molar-refractivity contribution in [3.05, 3.63) is 35.9 Å². The second-order valence-corrected chi connectivity index (χ2v) is 7.03. The van der Waals surface area contributed by atoms with E-state index in [1.165, 1.54) is 5.56 Å². The molecule has 3 rings (SSSR count). The number of carbonyl (C=O) groups excluding carboxylic acids is 2. The third-order valence-corrected chi connectivity index (χ3v) is 5.35. The molecular weight excluding hydrogens is 314 g/mol. The minimum absolute atomic E-state index is 0.0131. The number of nitrogens with zero attached hydrogens (tertiary/aromatic N) is 3. The van der Waals surface area contributed by atoms with Gasteiger partial charge in [0.15, 0.2) is 0 Å². The lowest BCUT2D eigenvalue weighted by molar-refractivity contribution is -0.135. The first-order chi connectivity index (χ1) is 12.2. The zero-order valence-corrected chi connectivity index (χ0v) is 15.2. The molecule has 0 radical (unpaired) electrons. The SMILES string of the molecule is CCCC(=O)N1CCN(C2CCN(CCc3ccccc3)C2=O)CC1. The van der Waals surface area contributed by atoms with Crippen LogP contribution in [0.4, 0.5) is 0 Å². The van der Waals surface area contributed by atoms with Gasteiger partial charge < -0.3 is 9.80 Å². The van der Waals surface area contributed by atoms with E-state index < -0.39 is 0 Å². The van der Waals surface area contributed by atoms with Crippen molar-refractivity contribution in [3.8, 4) is 0 Å². The summed E-state index contributed by atoms with van der Waals surface area (Å²) in [6, 6.07) is 10.4. The Morgan fingerprint density at radius 2 is 1.80 bits per heavy atom. The van der Waals surface area contributed by atoms with Crippen LogP contribution >= 0.6 is 0 Å². The quantitative estimate of drug-likeness (QED) is 0.791. The zero-order chi connectivity index (χ0) is 17.6. The Balaban J connectivity index is 1.47. The molecule has 5 heteroatoms. The van der Waals surface area contributed by atoms with Crippen molar-refractivity contribution in [1.29, 1.82) is 0 Å². The van der Waals surface area contributed by atoms with Crippen molar-refractivity contribution in [2.45, 2.75) is 38.6 Å². The van der Waals surface area contributed by atoms with E-state index in [4.69, 9.17) is 0 Å². The van der Waals surface area contributed by atoms with Crippen molar-refractivity contribution >= 4 is 11.8 Å². The second-order valence-electron chi connectivity index (χ2n) is 7.03. The molecule has 2 heterocycles. The first-order valence-corrected chi connectivity index (χ1v) is 9.53. The van der Waals surface area contributed by atoms with Crippen molar-refractivity contribution in [2.24, 2.45) is 0 Å². The number of amides is 2. The first-order valence-electron chi connectivity index (χ1n) is 9.53. The van der Waals surface area contributed by atoms with Gasteiger partial charge >= 0.3 is 0 Å². The molecule has 0 aliphatic carbocycles. The van der Waals surface area contributed by atoms with Crippen LogP contribution in [0.25, 0.3) is 0 Å². The van der Waals surface area contributed by atoms with Gasteiger partial charge in [-0.05, 0) is 24.8 Å². The molecule has 136 valence electrons. The molecule has 25 heavy (non-hydrogen) atoms. The number of piperazine rings is 1. The molecule has 2 amide bonds. The smallest absolute Gasteiger partial charge is 0.240 e. The molecule has 1 aromatic carbocycles. The second kappa shape index (κ2) is 8.48. The van der Waals surface area contributed by atoms with E-state index in [0.29, 0.717) is 6.42 Å². The summed E-state index contributed by atoms with van der Waals surface area (Å²) in [6.07, 6.45) is 3.36. The van der Waals surface area contributed by atoms with E-state index in [0.717, 1.165) is 58.5 Å². The maximum Gasteiger partial charge on any atom is 0.240 e. The fourth-order valence-electron chi connectivity index (χ4n) is 3.85. The van der Waals surface area contributed by atoms with Crippen LogP contribution in [0.1, 0.15) is 31.7 Å². The molecule has 0 N–H and O–H groups in total. The van der Waals surface area contributed by atoms with Gasteiger partial charge in [-0.2, -0.15) is 0 Å². The van der Waals surface area contributed by atoms with Gasteiger partial charge in [-0.1, -0.05) is 37.3 Å². The Morgan fingerprint density at radius 3 is 2.48 bits per heavy atom. The van der Waals surface area contributed by atoms with E-state index in [-0.39, 0.29) is 17.9 Å². The Kier molecular flexibility index (Phi) is 6.08. The summed E-state index contributed by atoms with van der Waals surface area (Å²) in [6.45, 7) is 6.84. The van der Waals surface area contributed by atoms with E-state index in [9.17, 15) is 9.59 Å². The summed E-state index contributed by atoms with van der Waals surface area (Å²) in [4.78, 5) is 31.0. The van der Waals surface area contributed by atoms with Crippen LogP contribution < -0.4 is 0 Å². The molecule has 0 aromatic heterocycles. The van der Waals surface area contributed by atoms with Crippen LogP contribution in [0.2, 0.25) is 0 Å². The molecule has 0 bridgehead atoms. The number of benzene rings is 1. The monoisotopic (exact) mass is 343 g/mol. The van der Waals surface area contributed by atoms with Crippen LogP contribution in [-0.2, 0) is 16.0 Å². The molecule has 5 nitrogen and oxygen atoms in total. The molecule has 1 atom stereocenters. The molecule has 0 saturated carbocycles. The molecule has 2 saturated heterocycles. The third kappa shape index (κ3) is 4.40. The number of hydrogen-bond donors (Lipinski definition) is 0. The molecule has 0 spiro atoms. The Bertz CT molecular complexity index is 582. The highest BCUT2D eigenvalue weighted by molar-refractivity contribution is 5.84. The van der Waals surface area contributed by atoms with Crippen LogP contribution in [0.3, 0.4) is 0 Å². The number of hydrogen-bond acceptors (Lipinski definition) is 3. The third-order valence-electron chi connectivity index (χ3n) is 5.35. The lowest BCUT2D eigenvalue weighted by Gasteiger charge is -2.37. The molecule has 2 aliphatic rings. The normalized spacial score (nSPS) is 21.8. The summed E-state index contributed by atoms with van der Waals surface area (Å²) < 4.78 is 0. The molecule has 1 aromatic rings. The van der Waals surface area contributed by atoms with Crippen molar-refractivity contribution in [1.82, 2.24) is 14.7 Å². The predicted octanol–water partition coefficient (Wildman–Crippen LogP) is 1.77. The Hall–Kier alpha value is -1.88. The van der Waals surface area contributed by atoms with E-state index in [1.807, 2.05) is 34.9 Å². The summed E-state index contributed by atoms with van der Waals surface area (Å²) in [5.41, 5.74) is 1.28. The zero-order valence-electron chi connectivity index (χ0n) is 15.2. The highest BCUT2D eigenvalue weighted by Crippen LogP contribution is 2.20. The van der Waals surface area contributed by atoms with Crippen molar-refractivity contribution < 1.29 is 9.59 Å². The summed E-state index contributed by atoms with van der Waals surface area (Å²) in [5.74, 6) is 0.522. The average molecular weight is 343 g/mol. The van der Waals surface area contributed by atoms with Gasteiger partial charge in [0.25, 0.3) is 0 Å². The van der Waals surface area contributed by atoms with E-state index >= 15 is 0 Å². The van der Waals surface area contributed by atoms with Gasteiger partial charge in [-0.3, -0.25) is 14.5 Å². The van der Waals surface area contributed by atoms with Crippen LogP contribution in [0.5, 0.6) is 0 Å². The lowest BCUT2D eigenvalue weighted by atomic mass is 10.1. The summed E-state index contributed by atoms with van der Waals surface area (Å²) >= 11 is 0. The average Bonchev–Trinajstić information content (AvgIpc) is 3.02. The van der Waals surface area contributed by atoms with Gasteiger partial charge in [0.2, 0.25) is 11.8 Å². The van der Waals surface area contributed by atoms with Gasteiger partial charge in [-0.15, -0.1) is 0 Å². The predicted molar refractivity (Wildman–Crippen MR) is 98.2 cm³/mol. The van der Waals surface area contributed by atoms with Crippen molar-refractivity contribution in [3.63, 3.8) is 0 Å². The fraction of sp³-hybridized carbons (Fsp3) is 0.600. The number of likely N-dealkylation sites (tertiary alicyclic amines) is 1. The standard InChI is InChI=1S/C20H29N3O2/c1-2-6-19(24)22-15-13-21(14-16-22)18-10-12-23(20(18)25)11-9-17-7-4-3-5-8-17/h3-5,7-8,18H,2,6,9-16H2,1H3. The molecule has 1 unspecified atom stereocenters. The minimum atomic E-state index is 0.0131.